The summed E-state index contributed by atoms with van der Waals surface area (Å²) in [5.41, 5.74) is 0. The maximum absolute atomic E-state index is 12.4. The van der Waals surface area contributed by atoms with Gasteiger partial charge in [-0.3, -0.25) is 14.1 Å². The van der Waals surface area contributed by atoms with Crippen molar-refractivity contribution in [1.29, 1.82) is 0 Å². The van der Waals surface area contributed by atoms with Gasteiger partial charge in [0.15, 0.2) is 6.10 Å². The number of phosphoric ester groups is 1. The summed E-state index contributed by atoms with van der Waals surface area (Å²) in [5, 5.41) is 30.3. The fourth-order valence-electron chi connectivity index (χ4n) is 5.36. The van der Waals surface area contributed by atoms with Crippen molar-refractivity contribution in [2.45, 2.75) is 173 Å². The second kappa shape index (κ2) is 37.0. The van der Waals surface area contributed by atoms with Crippen LogP contribution in [0.25, 0.3) is 0 Å². The van der Waals surface area contributed by atoms with Gasteiger partial charge >= 0.3 is 19.8 Å². The van der Waals surface area contributed by atoms with Crippen molar-refractivity contribution in [2.75, 3.05) is 13.2 Å². The molecule has 5 N–H and O–H groups in total. The minimum Gasteiger partial charge on any atom is -0.462 e. The van der Waals surface area contributed by atoms with Crippen LogP contribution in [0.1, 0.15) is 149 Å². The molecule has 12 heteroatoms. The highest BCUT2D eigenvalue weighted by Gasteiger charge is 2.23. The smallest absolute Gasteiger partial charge is 0.462 e. The third-order valence-electron chi connectivity index (χ3n) is 8.55. The fourth-order valence-corrected chi connectivity index (χ4v) is 5.72. The number of unbranched alkanes of at least 4 members (excludes halogenated alkanes) is 13. The van der Waals surface area contributed by atoms with E-state index in [4.69, 9.17) is 19.3 Å². The van der Waals surface area contributed by atoms with E-state index in [1.807, 2.05) is 19.1 Å². The number of aliphatic hydroxyl groups is 3. The first-order valence-electron chi connectivity index (χ1n) is 20.6. The molecule has 0 spiro atoms. The lowest BCUT2D eigenvalue weighted by molar-refractivity contribution is -0.161. The Morgan fingerprint density at radius 2 is 1.16 bits per heavy atom. The molecule has 0 fully saturated rings. The third kappa shape index (κ3) is 38.0. The number of phosphoric acid groups is 1. The zero-order valence-corrected chi connectivity index (χ0v) is 34.5. The molecule has 0 saturated carbocycles. The van der Waals surface area contributed by atoms with Gasteiger partial charge in [-0.15, -0.1) is 0 Å². The van der Waals surface area contributed by atoms with Crippen LogP contribution in [0.5, 0.6) is 0 Å². The molecule has 0 aromatic heterocycles. The van der Waals surface area contributed by atoms with E-state index in [1.54, 1.807) is 42.5 Å². The van der Waals surface area contributed by atoms with Gasteiger partial charge in [-0.1, -0.05) is 151 Å². The molecular weight excluding hydrogens is 723 g/mol. The summed E-state index contributed by atoms with van der Waals surface area (Å²) in [7, 11) is -4.86. The Balaban J connectivity index is 4.28. The summed E-state index contributed by atoms with van der Waals surface area (Å²) in [6, 6.07) is 0. The maximum Gasteiger partial charge on any atom is 0.469 e. The Morgan fingerprint density at radius 3 is 1.76 bits per heavy atom. The predicted octanol–water partition coefficient (Wildman–Crippen LogP) is 9.20. The standard InChI is InChI=1S/C43H73O11P/c1-3-5-7-8-9-10-11-12-13-14-15-16-17-18-19-24-28-34-42(47)52-36-39(37-53-55(49,50)51)54-43(48)35-29-33-41(46)40(45)32-27-23-21-20-22-26-31-38(44)30-25-6-4-2/h6,12-13,20-23,25-27,31-32,38-41,44-46H,3-5,7-11,14-19,24,28-30,33-37H2,1-2H3,(H2,49,50,51)/b13-12-,22-20+,23-21-,25-6-,31-26+,32-27-/t38-,39+,40+,41+/m0/s1. The van der Waals surface area contributed by atoms with Crippen molar-refractivity contribution in [3.8, 4) is 0 Å². The first-order chi connectivity index (χ1) is 26.5. The van der Waals surface area contributed by atoms with Crippen LogP contribution in [0.3, 0.4) is 0 Å². The highest BCUT2D eigenvalue weighted by Crippen LogP contribution is 2.36. The van der Waals surface area contributed by atoms with Gasteiger partial charge in [0, 0.05) is 12.8 Å². The van der Waals surface area contributed by atoms with E-state index in [2.05, 4.69) is 23.6 Å². The van der Waals surface area contributed by atoms with Gasteiger partial charge in [0.1, 0.15) is 6.61 Å². The number of allylic oxidation sites excluding steroid dienone is 9. The molecule has 0 aromatic rings. The van der Waals surface area contributed by atoms with Crippen LogP contribution in [0.15, 0.2) is 72.9 Å². The molecule has 0 radical (unpaired) electrons. The number of ether oxygens (including phenoxy) is 2. The summed E-state index contributed by atoms with van der Waals surface area (Å²) < 4.78 is 26.2. The van der Waals surface area contributed by atoms with E-state index >= 15 is 0 Å². The normalized spacial score (nSPS) is 15.0. The van der Waals surface area contributed by atoms with Gasteiger partial charge < -0.3 is 34.6 Å². The number of hydrogen-bond acceptors (Lipinski definition) is 9. The number of rotatable bonds is 36. The molecule has 11 nitrogen and oxygen atoms in total. The van der Waals surface area contributed by atoms with Crippen molar-refractivity contribution in [3.05, 3.63) is 72.9 Å². The van der Waals surface area contributed by atoms with Gasteiger partial charge in [-0.2, -0.15) is 0 Å². The average Bonchev–Trinajstić information content (AvgIpc) is 3.14. The Labute approximate surface area is 331 Å². The number of aliphatic hydroxyl groups excluding tert-OH is 3. The molecule has 0 aromatic carbocycles. The first-order valence-corrected chi connectivity index (χ1v) is 22.1. The van der Waals surface area contributed by atoms with Gasteiger partial charge in [-0.25, -0.2) is 4.57 Å². The lowest BCUT2D eigenvalue weighted by Crippen LogP contribution is -2.29. The highest BCUT2D eigenvalue weighted by atomic mass is 31.2. The van der Waals surface area contributed by atoms with Crippen molar-refractivity contribution < 1.29 is 53.3 Å². The molecule has 55 heavy (non-hydrogen) atoms. The second-order valence-electron chi connectivity index (χ2n) is 13.8. The monoisotopic (exact) mass is 796 g/mol. The minimum atomic E-state index is -4.86. The van der Waals surface area contributed by atoms with Crippen molar-refractivity contribution in [3.63, 3.8) is 0 Å². The summed E-state index contributed by atoms with van der Waals surface area (Å²) >= 11 is 0. The lowest BCUT2D eigenvalue weighted by atomic mass is 10.1. The topological polar surface area (TPSA) is 180 Å². The molecular formula is C43H73O11P. The van der Waals surface area contributed by atoms with Crippen molar-refractivity contribution >= 4 is 19.8 Å². The number of hydrogen-bond donors (Lipinski definition) is 5. The number of carbonyl (C=O) groups excluding carboxylic acids is 2. The zero-order valence-electron chi connectivity index (χ0n) is 33.6. The molecule has 0 saturated heterocycles. The van der Waals surface area contributed by atoms with E-state index in [9.17, 15) is 29.5 Å². The van der Waals surface area contributed by atoms with Crippen LogP contribution < -0.4 is 0 Å². The molecule has 0 aliphatic rings. The summed E-state index contributed by atoms with van der Waals surface area (Å²) in [5.74, 6) is -1.23. The Bertz CT molecular complexity index is 1170. The Kier molecular flexibility index (Phi) is 35.2. The molecule has 0 rings (SSSR count). The molecule has 0 unspecified atom stereocenters. The summed E-state index contributed by atoms with van der Waals surface area (Å²) in [6.07, 6.45) is 37.1. The number of esters is 2. The number of carbonyl (C=O) groups is 2. The second-order valence-corrected chi connectivity index (χ2v) is 15.0. The van der Waals surface area contributed by atoms with Crippen LogP contribution in [0.4, 0.5) is 0 Å². The van der Waals surface area contributed by atoms with Crippen molar-refractivity contribution in [1.82, 2.24) is 0 Å². The first kappa shape index (κ1) is 52.4. The molecule has 0 bridgehead atoms. The largest absolute Gasteiger partial charge is 0.469 e. The zero-order chi connectivity index (χ0) is 40.8. The predicted molar refractivity (Wildman–Crippen MR) is 220 cm³/mol. The Hall–Kier alpha value is -2.63. The maximum atomic E-state index is 12.4. The average molecular weight is 797 g/mol. The van der Waals surface area contributed by atoms with E-state index in [0.29, 0.717) is 12.8 Å². The minimum absolute atomic E-state index is 0.0835. The molecule has 0 aliphatic heterocycles. The molecule has 0 amide bonds. The molecule has 0 aliphatic carbocycles. The summed E-state index contributed by atoms with van der Waals surface area (Å²) in [4.78, 5) is 42.9. The van der Waals surface area contributed by atoms with Crippen molar-refractivity contribution in [2.24, 2.45) is 0 Å². The summed E-state index contributed by atoms with van der Waals surface area (Å²) in [6.45, 7) is 3.19. The van der Waals surface area contributed by atoms with Crippen LogP contribution >= 0.6 is 7.82 Å². The van der Waals surface area contributed by atoms with E-state index in [0.717, 1.165) is 32.1 Å². The van der Waals surface area contributed by atoms with Crippen LogP contribution in [0.2, 0.25) is 0 Å². The van der Waals surface area contributed by atoms with E-state index in [-0.39, 0.29) is 25.7 Å². The van der Waals surface area contributed by atoms with Crippen LogP contribution in [-0.2, 0) is 28.2 Å². The molecule has 316 valence electrons. The Morgan fingerprint density at radius 1 is 0.618 bits per heavy atom. The molecule has 4 atom stereocenters. The van der Waals surface area contributed by atoms with Gasteiger partial charge in [0.2, 0.25) is 0 Å². The van der Waals surface area contributed by atoms with Gasteiger partial charge in [0.25, 0.3) is 0 Å². The van der Waals surface area contributed by atoms with Gasteiger partial charge in [0.05, 0.1) is 24.9 Å². The van der Waals surface area contributed by atoms with E-state index < -0.39 is 57.4 Å². The fraction of sp³-hybridized carbons (Fsp3) is 0.674. The van der Waals surface area contributed by atoms with Crippen LogP contribution in [0, 0.1) is 0 Å². The quantitative estimate of drug-likeness (QED) is 0.0134. The van der Waals surface area contributed by atoms with Crippen LogP contribution in [-0.4, -0.2) is 74.7 Å². The molecule has 0 heterocycles. The lowest BCUT2D eigenvalue weighted by Gasteiger charge is -2.19. The third-order valence-corrected chi connectivity index (χ3v) is 9.04. The highest BCUT2D eigenvalue weighted by molar-refractivity contribution is 7.46. The SMILES string of the molecule is CC/C=C\C[C@H](O)/C=C/C=C/C=C\C=C/[C@@H](O)[C@H](O)CCCC(=O)O[C@H](COC(=O)CCCCCCCCC/C=C\CCCCCCCC)COP(=O)(O)O. The van der Waals surface area contributed by atoms with Gasteiger partial charge in [-0.05, 0) is 57.8 Å². The van der Waals surface area contributed by atoms with E-state index in [1.165, 1.54) is 70.3 Å².